The maximum absolute atomic E-state index is 11.2. The van der Waals surface area contributed by atoms with Crippen molar-refractivity contribution in [2.24, 2.45) is 0 Å². The normalized spacial score (nSPS) is 10.5. The van der Waals surface area contributed by atoms with Crippen LogP contribution in [0.3, 0.4) is 0 Å². The van der Waals surface area contributed by atoms with Crippen molar-refractivity contribution in [3.05, 3.63) is 0 Å². The van der Waals surface area contributed by atoms with Gasteiger partial charge < -0.3 is 10.6 Å². The maximum atomic E-state index is 11.2. The molecule has 0 radical (unpaired) electrons. The minimum Gasteiger partial charge on any atom is -0.351 e. The minimum atomic E-state index is -0.560. The van der Waals surface area contributed by atoms with E-state index in [1.807, 2.05) is 0 Å². The highest BCUT2D eigenvalue weighted by Gasteiger charge is 2.08. The van der Waals surface area contributed by atoms with Gasteiger partial charge in [-0.05, 0) is 6.42 Å². The maximum Gasteiger partial charge on any atom is 0.309 e. The Hall–Kier alpha value is -1.06. The molecule has 0 heterocycles. The van der Waals surface area contributed by atoms with Crippen LogP contribution in [0, 0.1) is 0 Å². The lowest BCUT2D eigenvalue weighted by Gasteiger charge is -2.04. The van der Waals surface area contributed by atoms with E-state index in [1.54, 1.807) is 0 Å². The first kappa shape index (κ1) is 21.9. The number of carbonyl (C=O) groups is 2. The fraction of sp³-hybridized carbons (Fsp3) is 0.895. The summed E-state index contributed by atoms with van der Waals surface area (Å²) in [6.07, 6.45) is 18.5. The van der Waals surface area contributed by atoms with Crippen molar-refractivity contribution >= 4 is 11.8 Å². The van der Waals surface area contributed by atoms with E-state index in [2.05, 4.69) is 17.6 Å². The molecule has 0 bridgehead atoms. The minimum absolute atomic E-state index is 0.526. The zero-order valence-electron chi connectivity index (χ0n) is 15.4. The summed E-state index contributed by atoms with van der Waals surface area (Å²) in [7, 11) is 1.47. The van der Waals surface area contributed by atoms with E-state index in [0.717, 1.165) is 12.8 Å². The highest BCUT2D eigenvalue weighted by Crippen LogP contribution is 2.12. The molecule has 2 N–H and O–H groups in total. The van der Waals surface area contributed by atoms with Crippen LogP contribution in [0.25, 0.3) is 0 Å². The summed E-state index contributed by atoms with van der Waals surface area (Å²) in [6, 6.07) is 0. The fourth-order valence-corrected chi connectivity index (χ4v) is 2.72. The van der Waals surface area contributed by atoms with Crippen LogP contribution in [0.1, 0.15) is 96.8 Å². The van der Waals surface area contributed by atoms with Gasteiger partial charge in [-0.3, -0.25) is 9.59 Å². The van der Waals surface area contributed by atoms with Gasteiger partial charge in [0.05, 0.1) is 0 Å². The molecule has 0 aliphatic heterocycles. The van der Waals surface area contributed by atoms with Gasteiger partial charge in [0.25, 0.3) is 0 Å². The van der Waals surface area contributed by atoms with Gasteiger partial charge in [0.1, 0.15) is 0 Å². The lowest BCUT2D eigenvalue weighted by atomic mass is 10.0. The number of hydrogen-bond donors (Lipinski definition) is 2. The molecule has 0 fully saturated rings. The van der Waals surface area contributed by atoms with E-state index in [0.29, 0.717) is 6.54 Å². The van der Waals surface area contributed by atoms with Crippen molar-refractivity contribution in [1.29, 1.82) is 0 Å². The molecule has 0 aromatic carbocycles. The summed E-state index contributed by atoms with van der Waals surface area (Å²) in [5.74, 6) is -1.09. The molecule has 4 heteroatoms. The largest absolute Gasteiger partial charge is 0.351 e. The molecule has 0 unspecified atom stereocenters. The van der Waals surface area contributed by atoms with Crippen molar-refractivity contribution in [2.45, 2.75) is 96.8 Å². The van der Waals surface area contributed by atoms with Gasteiger partial charge in [0, 0.05) is 13.6 Å². The van der Waals surface area contributed by atoms with Crippen LogP contribution >= 0.6 is 0 Å². The van der Waals surface area contributed by atoms with E-state index >= 15 is 0 Å². The zero-order valence-corrected chi connectivity index (χ0v) is 15.4. The van der Waals surface area contributed by atoms with E-state index in [1.165, 1.54) is 84.1 Å². The Labute approximate surface area is 143 Å². The molecule has 23 heavy (non-hydrogen) atoms. The topological polar surface area (TPSA) is 58.2 Å². The van der Waals surface area contributed by atoms with Crippen LogP contribution in [-0.4, -0.2) is 25.4 Å². The summed E-state index contributed by atoms with van der Waals surface area (Å²) in [5, 5.41) is 4.94. The number of likely N-dealkylation sites (N-methyl/N-ethyl adjacent to an activating group) is 1. The Kier molecular flexibility index (Phi) is 16.5. The first-order valence-electron chi connectivity index (χ1n) is 9.72. The average molecular weight is 327 g/mol. The molecular formula is C19H38N2O2. The van der Waals surface area contributed by atoms with E-state index in [4.69, 9.17) is 0 Å². The quantitative estimate of drug-likeness (QED) is 0.347. The summed E-state index contributed by atoms with van der Waals surface area (Å²) in [5.41, 5.74) is 0. The number of amides is 2. The zero-order chi connectivity index (χ0) is 17.2. The summed E-state index contributed by atoms with van der Waals surface area (Å²) >= 11 is 0. The van der Waals surface area contributed by atoms with Crippen molar-refractivity contribution in [2.75, 3.05) is 13.6 Å². The Bertz CT molecular complexity index is 293. The van der Waals surface area contributed by atoms with Crippen molar-refractivity contribution in [3.8, 4) is 0 Å². The molecule has 2 amide bonds. The van der Waals surface area contributed by atoms with Crippen LogP contribution < -0.4 is 10.6 Å². The lowest BCUT2D eigenvalue weighted by Crippen LogP contribution is -2.38. The first-order chi connectivity index (χ1) is 11.2. The molecule has 136 valence electrons. The molecule has 0 saturated heterocycles. The van der Waals surface area contributed by atoms with Crippen molar-refractivity contribution in [3.63, 3.8) is 0 Å². The first-order valence-corrected chi connectivity index (χ1v) is 9.72. The Morgan fingerprint density at radius 3 is 1.39 bits per heavy atom. The molecule has 0 saturated carbocycles. The third-order valence-corrected chi connectivity index (χ3v) is 4.25. The predicted octanol–water partition coefficient (Wildman–Crippen LogP) is 4.33. The van der Waals surface area contributed by atoms with Gasteiger partial charge >= 0.3 is 11.8 Å². The highest BCUT2D eigenvalue weighted by molar-refractivity contribution is 6.34. The second kappa shape index (κ2) is 17.3. The molecule has 0 spiro atoms. The van der Waals surface area contributed by atoms with Gasteiger partial charge in [0.15, 0.2) is 0 Å². The second-order valence-corrected chi connectivity index (χ2v) is 6.43. The van der Waals surface area contributed by atoms with E-state index in [-0.39, 0.29) is 0 Å². The molecule has 0 rings (SSSR count). The molecule has 4 nitrogen and oxygen atoms in total. The van der Waals surface area contributed by atoms with Gasteiger partial charge in [-0.25, -0.2) is 0 Å². The number of rotatable bonds is 15. The number of unbranched alkanes of at least 4 members (excludes halogenated alkanes) is 13. The number of nitrogens with one attached hydrogen (secondary N) is 2. The van der Waals surface area contributed by atoms with Gasteiger partial charge in [-0.2, -0.15) is 0 Å². The van der Waals surface area contributed by atoms with Crippen LogP contribution in [-0.2, 0) is 9.59 Å². The molecule has 0 atom stereocenters. The Balaban J connectivity index is 3.11. The number of hydrogen-bond acceptors (Lipinski definition) is 2. The monoisotopic (exact) mass is 326 g/mol. The third-order valence-electron chi connectivity index (χ3n) is 4.25. The third kappa shape index (κ3) is 15.6. The predicted molar refractivity (Wildman–Crippen MR) is 97.4 cm³/mol. The number of carbonyl (C=O) groups excluding carboxylic acids is 2. The summed E-state index contributed by atoms with van der Waals surface area (Å²) in [6.45, 7) is 2.87. The van der Waals surface area contributed by atoms with Crippen LogP contribution in [0.5, 0.6) is 0 Å². The van der Waals surface area contributed by atoms with Crippen molar-refractivity contribution < 1.29 is 9.59 Å². The Morgan fingerprint density at radius 1 is 0.609 bits per heavy atom. The smallest absolute Gasteiger partial charge is 0.309 e. The van der Waals surface area contributed by atoms with E-state index < -0.39 is 11.8 Å². The molecule has 0 aromatic rings. The lowest BCUT2D eigenvalue weighted by molar-refractivity contribution is -0.138. The van der Waals surface area contributed by atoms with E-state index in [9.17, 15) is 9.59 Å². The Morgan fingerprint density at radius 2 is 1.00 bits per heavy atom. The molecular weight excluding hydrogens is 288 g/mol. The standard InChI is InChI=1S/C19H38N2O2/c1-3-4-5-6-7-8-9-10-11-12-13-14-15-16-17-21-19(23)18(22)20-2/h3-17H2,1-2H3,(H,20,22)(H,21,23). The SMILES string of the molecule is CCCCCCCCCCCCCCCCNC(=O)C(=O)NC. The van der Waals surface area contributed by atoms with Gasteiger partial charge in [-0.1, -0.05) is 90.4 Å². The van der Waals surface area contributed by atoms with Gasteiger partial charge in [0.2, 0.25) is 0 Å². The summed E-state index contributed by atoms with van der Waals surface area (Å²) in [4.78, 5) is 22.2. The summed E-state index contributed by atoms with van der Waals surface area (Å²) < 4.78 is 0. The van der Waals surface area contributed by atoms with Crippen molar-refractivity contribution in [1.82, 2.24) is 10.6 Å². The molecule has 0 aliphatic rings. The van der Waals surface area contributed by atoms with Crippen LogP contribution in [0.15, 0.2) is 0 Å². The van der Waals surface area contributed by atoms with Gasteiger partial charge in [-0.15, -0.1) is 0 Å². The highest BCUT2D eigenvalue weighted by atomic mass is 16.2. The second-order valence-electron chi connectivity index (χ2n) is 6.43. The molecule has 0 aliphatic carbocycles. The molecule has 0 aromatic heterocycles. The van der Waals surface area contributed by atoms with Crippen LogP contribution in [0.4, 0.5) is 0 Å². The fourth-order valence-electron chi connectivity index (χ4n) is 2.72. The van der Waals surface area contributed by atoms with Crippen LogP contribution in [0.2, 0.25) is 0 Å². The average Bonchev–Trinajstić information content (AvgIpc) is 2.57.